The summed E-state index contributed by atoms with van der Waals surface area (Å²) >= 11 is 1.95. The van der Waals surface area contributed by atoms with Crippen LogP contribution in [-0.2, 0) is 11.2 Å². The van der Waals surface area contributed by atoms with Crippen LogP contribution < -0.4 is 20.4 Å². The molecular weight excluding hydrogens is 738 g/mol. The number of aliphatic hydroxyl groups excluding tert-OH is 2. The molecule has 3 aromatic carbocycles. The Labute approximate surface area is 288 Å². The third-order valence-electron chi connectivity index (χ3n) is 7.92. The number of nitrogens with zero attached hydrogens (tertiary/aromatic N) is 1. The van der Waals surface area contributed by atoms with E-state index in [1.165, 1.54) is 48.4 Å². The number of halogens is 2. The second-order valence-corrected chi connectivity index (χ2v) is 12.2. The van der Waals surface area contributed by atoms with E-state index >= 15 is 0 Å². The van der Waals surface area contributed by atoms with Gasteiger partial charge in [0.25, 0.3) is 5.91 Å². The summed E-state index contributed by atoms with van der Waals surface area (Å²) in [7, 11) is 1.39. The summed E-state index contributed by atoms with van der Waals surface area (Å²) in [6.45, 7) is -0.447. The van der Waals surface area contributed by atoms with Crippen LogP contribution in [0.25, 0.3) is 11.0 Å². The molecule has 3 atom stereocenters. The fourth-order valence-corrected chi connectivity index (χ4v) is 6.32. The average molecular weight is 771 g/mol. The van der Waals surface area contributed by atoms with Gasteiger partial charge in [0.15, 0.2) is 11.5 Å². The van der Waals surface area contributed by atoms with Crippen molar-refractivity contribution in [1.29, 1.82) is 0 Å². The molecule has 2 amide bonds. The van der Waals surface area contributed by atoms with E-state index in [1.807, 2.05) is 22.6 Å². The predicted octanol–water partition coefficient (Wildman–Crippen LogP) is 3.66. The van der Waals surface area contributed by atoms with Crippen molar-refractivity contribution >= 4 is 51.7 Å². The first-order valence-corrected chi connectivity index (χ1v) is 16.1. The monoisotopic (exact) mass is 770 g/mol. The van der Waals surface area contributed by atoms with E-state index < -0.39 is 41.5 Å². The molecule has 3 unspecified atom stereocenters. The highest BCUT2D eigenvalue weighted by Gasteiger charge is 2.41. The van der Waals surface area contributed by atoms with Gasteiger partial charge in [-0.3, -0.25) is 14.4 Å². The van der Waals surface area contributed by atoms with Crippen LogP contribution in [0.3, 0.4) is 0 Å². The molecule has 5 rings (SSSR count). The molecule has 0 spiro atoms. The molecule has 1 aliphatic carbocycles. The van der Waals surface area contributed by atoms with Gasteiger partial charge >= 0.3 is 5.63 Å². The molecule has 1 aromatic heterocycles. The number of carbonyl (C=O) groups excluding carboxylic acids is 3. The molecule has 0 fully saturated rings. The first kappa shape index (κ1) is 34.7. The maximum Gasteiger partial charge on any atom is 0.349 e. The van der Waals surface area contributed by atoms with Crippen molar-refractivity contribution in [3.63, 3.8) is 0 Å². The number of fused-ring (bicyclic) bond motifs is 1. The minimum atomic E-state index is -1.45. The number of benzene rings is 3. The molecule has 48 heavy (non-hydrogen) atoms. The number of ether oxygens (including phenoxy) is 2. The van der Waals surface area contributed by atoms with Crippen molar-refractivity contribution in [2.45, 2.75) is 31.1 Å². The Morgan fingerprint density at radius 3 is 2.67 bits per heavy atom. The summed E-state index contributed by atoms with van der Waals surface area (Å²) in [5.41, 5.74) is 0.136. The fourth-order valence-electron chi connectivity index (χ4n) is 5.56. The number of hydrogen-bond acceptors (Lipinski definition) is 9. The molecule has 0 radical (unpaired) electrons. The maximum atomic E-state index is 14.3. The molecule has 13 heteroatoms. The number of carbonyl (C=O) groups is 3. The number of nitrogens with one attached hydrogen (secondary N) is 1. The zero-order chi connectivity index (χ0) is 34.4. The predicted molar refractivity (Wildman–Crippen MR) is 182 cm³/mol. The van der Waals surface area contributed by atoms with Crippen LogP contribution in [0.15, 0.2) is 87.6 Å². The van der Waals surface area contributed by atoms with Gasteiger partial charge in [-0.25, -0.2) is 9.18 Å². The van der Waals surface area contributed by atoms with Crippen LogP contribution in [-0.4, -0.2) is 78.3 Å². The standard InChI is InChI=1S/C35H32FIN2O9/c1-46-30-15-21(19-41)14-26(37)32(30)47-29-18-23(33(43)38-10-12-40)17-27(31(29)42)39(11-9-20-5-4-7-24(36)13-20)34(44)25-16-22-6-2-3-8-28(22)48-35(25)45/h2-8,13-16,18-19,27,29,31,40,42H,9-12,17H2,1H3,(H,38,43). The average Bonchev–Trinajstić information content (AvgIpc) is 3.08. The first-order chi connectivity index (χ1) is 23.1. The zero-order valence-electron chi connectivity index (χ0n) is 25.7. The van der Waals surface area contributed by atoms with E-state index in [2.05, 4.69) is 5.32 Å². The molecule has 11 nitrogen and oxygen atoms in total. The second kappa shape index (κ2) is 15.5. The fraction of sp³-hybridized carbons (Fsp3) is 0.257. The molecule has 250 valence electrons. The Bertz CT molecular complexity index is 1930. The lowest BCUT2D eigenvalue weighted by atomic mass is 9.87. The summed E-state index contributed by atoms with van der Waals surface area (Å²) in [6.07, 6.45) is -0.600. The lowest BCUT2D eigenvalue weighted by Crippen LogP contribution is -2.56. The normalized spacial score (nSPS) is 17.4. The number of rotatable bonds is 12. The van der Waals surface area contributed by atoms with Gasteiger partial charge in [-0.2, -0.15) is 0 Å². The Hall–Kier alpha value is -4.60. The van der Waals surface area contributed by atoms with Gasteiger partial charge in [-0.15, -0.1) is 0 Å². The lowest BCUT2D eigenvalue weighted by molar-refractivity contribution is -0.118. The number of amides is 2. The topological polar surface area (TPSA) is 156 Å². The van der Waals surface area contributed by atoms with Crippen LogP contribution in [0.1, 0.15) is 32.7 Å². The minimum Gasteiger partial charge on any atom is -0.493 e. The summed E-state index contributed by atoms with van der Waals surface area (Å²) in [4.78, 5) is 53.4. The highest BCUT2D eigenvalue weighted by Crippen LogP contribution is 2.37. The number of aldehydes is 1. The van der Waals surface area contributed by atoms with E-state index in [0.29, 0.717) is 26.4 Å². The van der Waals surface area contributed by atoms with E-state index in [0.717, 1.165) is 0 Å². The van der Waals surface area contributed by atoms with Gasteiger partial charge in [-0.1, -0.05) is 30.3 Å². The Morgan fingerprint density at radius 2 is 1.94 bits per heavy atom. The molecular formula is C35H32FIN2O9. The summed E-state index contributed by atoms with van der Waals surface area (Å²) in [5.74, 6) is -1.41. The SMILES string of the molecule is COc1cc(C=O)cc(I)c1OC1C=C(C(=O)NCCO)CC(N(CCc2cccc(F)c2)C(=O)c2cc3ccccc3oc2=O)C1O. The number of aliphatic hydroxyl groups is 2. The number of para-hydroxylation sites is 1. The van der Waals surface area contributed by atoms with E-state index in [1.54, 1.807) is 36.4 Å². The van der Waals surface area contributed by atoms with Crippen molar-refractivity contribution in [3.8, 4) is 11.5 Å². The molecule has 3 N–H and O–H groups in total. The van der Waals surface area contributed by atoms with E-state index in [4.69, 9.17) is 13.9 Å². The quantitative estimate of drug-likeness (QED) is 0.111. The zero-order valence-corrected chi connectivity index (χ0v) is 27.9. The molecule has 0 aliphatic heterocycles. The lowest BCUT2D eigenvalue weighted by Gasteiger charge is -2.40. The largest absolute Gasteiger partial charge is 0.493 e. The molecule has 0 saturated heterocycles. The third-order valence-corrected chi connectivity index (χ3v) is 8.72. The van der Waals surface area contributed by atoms with Crippen molar-refractivity contribution in [2.75, 3.05) is 26.8 Å². The minimum absolute atomic E-state index is 0.0475. The smallest absolute Gasteiger partial charge is 0.349 e. The van der Waals surface area contributed by atoms with Crippen LogP contribution >= 0.6 is 22.6 Å². The molecule has 1 aliphatic rings. The molecule has 0 bridgehead atoms. The highest BCUT2D eigenvalue weighted by atomic mass is 127. The van der Waals surface area contributed by atoms with Crippen LogP contribution in [0, 0.1) is 9.39 Å². The highest BCUT2D eigenvalue weighted by molar-refractivity contribution is 14.1. The molecule has 0 saturated carbocycles. The Morgan fingerprint density at radius 1 is 1.15 bits per heavy atom. The summed E-state index contributed by atoms with van der Waals surface area (Å²) < 4.78 is 31.7. The Balaban J connectivity index is 1.58. The number of methoxy groups -OCH3 is 1. The van der Waals surface area contributed by atoms with Gasteiger partial charge in [0.05, 0.1) is 23.3 Å². The van der Waals surface area contributed by atoms with E-state index in [-0.39, 0.29) is 60.8 Å². The van der Waals surface area contributed by atoms with Gasteiger partial charge in [0, 0.05) is 36.0 Å². The van der Waals surface area contributed by atoms with Gasteiger partial charge < -0.3 is 34.3 Å². The third kappa shape index (κ3) is 7.75. The van der Waals surface area contributed by atoms with Crippen molar-refractivity contribution in [1.82, 2.24) is 10.2 Å². The van der Waals surface area contributed by atoms with Crippen LogP contribution in [0.2, 0.25) is 0 Å². The van der Waals surface area contributed by atoms with Gasteiger partial charge in [0.2, 0.25) is 5.91 Å². The first-order valence-electron chi connectivity index (χ1n) is 15.0. The Kier molecular flexibility index (Phi) is 11.2. The van der Waals surface area contributed by atoms with Crippen LogP contribution in [0.5, 0.6) is 11.5 Å². The summed E-state index contributed by atoms with van der Waals surface area (Å²) in [5, 5.41) is 24.3. The van der Waals surface area contributed by atoms with Crippen molar-refractivity contribution < 1.29 is 42.9 Å². The molecule has 4 aromatic rings. The number of hydrogen-bond donors (Lipinski definition) is 3. The summed E-state index contributed by atoms with van der Waals surface area (Å²) in [6, 6.07) is 15.8. The van der Waals surface area contributed by atoms with E-state index in [9.17, 15) is 33.8 Å². The van der Waals surface area contributed by atoms with Gasteiger partial charge in [0.1, 0.15) is 35.5 Å². The van der Waals surface area contributed by atoms with Crippen LogP contribution in [0.4, 0.5) is 4.39 Å². The second-order valence-electron chi connectivity index (χ2n) is 11.0. The van der Waals surface area contributed by atoms with Gasteiger partial charge in [-0.05, 0) is 77.0 Å². The molecule has 1 heterocycles. The van der Waals surface area contributed by atoms with Crippen molar-refractivity contribution in [2.24, 2.45) is 0 Å². The maximum absolute atomic E-state index is 14.3. The van der Waals surface area contributed by atoms with Crippen molar-refractivity contribution in [3.05, 3.63) is 115 Å².